The van der Waals surface area contributed by atoms with E-state index in [2.05, 4.69) is 10.3 Å². The lowest BCUT2D eigenvalue weighted by atomic mass is 10.1. The van der Waals surface area contributed by atoms with E-state index < -0.39 is 17.5 Å². The van der Waals surface area contributed by atoms with Gasteiger partial charge in [0.05, 0.1) is 11.2 Å². The van der Waals surface area contributed by atoms with Crippen LogP contribution in [0.2, 0.25) is 0 Å². The van der Waals surface area contributed by atoms with Crippen LogP contribution in [0.15, 0.2) is 48.7 Å². The number of benzene rings is 2. The van der Waals surface area contributed by atoms with Crippen molar-refractivity contribution >= 4 is 16.6 Å². The zero-order chi connectivity index (χ0) is 14.8. The molecule has 1 N–H and O–H groups in total. The number of anilines is 1. The van der Waals surface area contributed by atoms with Gasteiger partial charge in [-0.05, 0) is 23.8 Å². The number of nitrogens with one attached hydrogen (secondary N) is 1. The van der Waals surface area contributed by atoms with Crippen LogP contribution < -0.4 is 5.32 Å². The molecule has 5 heteroatoms. The lowest BCUT2D eigenvalue weighted by Gasteiger charge is -2.09. The van der Waals surface area contributed by atoms with Crippen LogP contribution in [0.4, 0.5) is 18.9 Å². The SMILES string of the molecule is Fc1cc(F)c(F)c(NCc2ccc3ncccc3c2)c1. The van der Waals surface area contributed by atoms with Gasteiger partial charge in [0.2, 0.25) is 0 Å². The zero-order valence-corrected chi connectivity index (χ0v) is 10.9. The van der Waals surface area contributed by atoms with E-state index in [1.165, 1.54) is 0 Å². The Morgan fingerprint density at radius 3 is 2.71 bits per heavy atom. The predicted octanol–water partition coefficient (Wildman–Crippen LogP) is 4.26. The van der Waals surface area contributed by atoms with Gasteiger partial charge >= 0.3 is 0 Å². The van der Waals surface area contributed by atoms with Gasteiger partial charge in [-0.1, -0.05) is 12.1 Å². The second-order valence-corrected chi connectivity index (χ2v) is 4.63. The van der Waals surface area contributed by atoms with Gasteiger partial charge in [-0.25, -0.2) is 13.2 Å². The Hall–Kier alpha value is -2.56. The van der Waals surface area contributed by atoms with Crippen LogP contribution in [0.25, 0.3) is 10.9 Å². The molecule has 3 rings (SSSR count). The first-order valence-corrected chi connectivity index (χ1v) is 6.35. The molecule has 0 atom stereocenters. The fourth-order valence-corrected chi connectivity index (χ4v) is 2.12. The molecule has 3 aromatic rings. The maximum Gasteiger partial charge on any atom is 0.182 e. The van der Waals surface area contributed by atoms with Crippen LogP contribution >= 0.6 is 0 Å². The smallest absolute Gasteiger partial charge is 0.182 e. The molecule has 0 unspecified atom stereocenters. The van der Waals surface area contributed by atoms with Crippen molar-refractivity contribution < 1.29 is 13.2 Å². The Morgan fingerprint density at radius 1 is 1.00 bits per heavy atom. The Bertz CT molecular complexity index is 803. The van der Waals surface area contributed by atoms with Gasteiger partial charge < -0.3 is 5.32 Å². The molecule has 0 aliphatic rings. The van der Waals surface area contributed by atoms with Crippen LogP contribution in [0, 0.1) is 17.5 Å². The van der Waals surface area contributed by atoms with Crippen molar-refractivity contribution in [1.29, 1.82) is 0 Å². The topological polar surface area (TPSA) is 24.9 Å². The average Bonchev–Trinajstić information content (AvgIpc) is 2.49. The summed E-state index contributed by atoms with van der Waals surface area (Å²) in [5.41, 5.74) is 1.52. The lowest BCUT2D eigenvalue weighted by molar-refractivity contribution is 0.497. The second-order valence-electron chi connectivity index (χ2n) is 4.63. The van der Waals surface area contributed by atoms with Crippen LogP contribution in [0.3, 0.4) is 0 Å². The van der Waals surface area contributed by atoms with Crippen LogP contribution in [0.1, 0.15) is 5.56 Å². The molecule has 0 saturated heterocycles. The van der Waals surface area contributed by atoms with E-state index in [-0.39, 0.29) is 12.2 Å². The normalized spacial score (nSPS) is 10.8. The summed E-state index contributed by atoms with van der Waals surface area (Å²) < 4.78 is 39.7. The molecule has 1 aromatic heterocycles. The summed E-state index contributed by atoms with van der Waals surface area (Å²) in [7, 11) is 0. The molecule has 0 radical (unpaired) electrons. The highest BCUT2D eigenvalue weighted by Gasteiger charge is 2.10. The van der Waals surface area contributed by atoms with Gasteiger partial charge in [0.15, 0.2) is 11.6 Å². The third-order valence-electron chi connectivity index (χ3n) is 3.14. The summed E-state index contributed by atoms with van der Waals surface area (Å²) in [5.74, 6) is -3.11. The van der Waals surface area contributed by atoms with Gasteiger partial charge in [0, 0.05) is 30.3 Å². The Morgan fingerprint density at radius 2 is 1.86 bits per heavy atom. The van der Waals surface area contributed by atoms with Crippen LogP contribution in [-0.4, -0.2) is 4.98 Å². The van der Waals surface area contributed by atoms with Crippen molar-refractivity contribution in [1.82, 2.24) is 4.98 Å². The zero-order valence-electron chi connectivity index (χ0n) is 10.9. The summed E-state index contributed by atoms with van der Waals surface area (Å²) in [6.07, 6.45) is 1.70. The van der Waals surface area contributed by atoms with Gasteiger partial charge in [-0.15, -0.1) is 0 Å². The van der Waals surface area contributed by atoms with E-state index in [1.54, 1.807) is 6.20 Å². The van der Waals surface area contributed by atoms with Crippen molar-refractivity contribution in [3.8, 4) is 0 Å². The summed E-state index contributed by atoms with van der Waals surface area (Å²) >= 11 is 0. The molecule has 0 aliphatic carbocycles. The highest BCUT2D eigenvalue weighted by molar-refractivity contribution is 5.78. The second kappa shape index (κ2) is 5.44. The Balaban J connectivity index is 1.83. The number of hydrogen-bond donors (Lipinski definition) is 1. The summed E-state index contributed by atoms with van der Waals surface area (Å²) in [6.45, 7) is 0.255. The maximum atomic E-state index is 13.5. The van der Waals surface area contributed by atoms with Crippen LogP contribution in [-0.2, 0) is 6.54 Å². The molecule has 2 nitrogen and oxygen atoms in total. The lowest BCUT2D eigenvalue weighted by Crippen LogP contribution is -2.03. The van der Waals surface area contributed by atoms with Crippen molar-refractivity contribution in [2.75, 3.05) is 5.32 Å². The molecule has 0 fully saturated rings. The molecular weight excluding hydrogens is 277 g/mol. The third-order valence-corrected chi connectivity index (χ3v) is 3.14. The Labute approximate surface area is 119 Å². The van der Waals surface area contributed by atoms with Crippen molar-refractivity contribution in [2.24, 2.45) is 0 Å². The minimum Gasteiger partial charge on any atom is -0.378 e. The van der Waals surface area contributed by atoms with E-state index >= 15 is 0 Å². The van der Waals surface area contributed by atoms with Gasteiger partial charge in [-0.3, -0.25) is 4.98 Å². The summed E-state index contributed by atoms with van der Waals surface area (Å²) in [5, 5.41) is 3.65. The predicted molar refractivity (Wildman–Crippen MR) is 75.4 cm³/mol. The molecule has 1 heterocycles. The largest absolute Gasteiger partial charge is 0.378 e. The number of hydrogen-bond acceptors (Lipinski definition) is 2. The van der Waals surface area contributed by atoms with Crippen molar-refractivity contribution in [3.05, 3.63) is 71.7 Å². The first-order valence-electron chi connectivity index (χ1n) is 6.35. The molecule has 0 spiro atoms. The molecule has 0 aliphatic heterocycles. The summed E-state index contributed by atoms with van der Waals surface area (Å²) in [6, 6.07) is 10.7. The minimum absolute atomic E-state index is 0.196. The number of rotatable bonds is 3. The molecule has 0 saturated carbocycles. The minimum atomic E-state index is -1.21. The average molecular weight is 288 g/mol. The van der Waals surface area contributed by atoms with E-state index in [0.717, 1.165) is 22.5 Å². The monoisotopic (exact) mass is 288 g/mol. The molecule has 0 amide bonds. The molecular formula is C16H11F3N2. The molecule has 106 valence electrons. The first kappa shape index (κ1) is 13.4. The van der Waals surface area contributed by atoms with Gasteiger partial charge in [0.25, 0.3) is 0 Å². The van der Waals surface area contributed by atoms with Crippen molar-refractivity contribution in [3.63, 3.8) is 0 Å². The molecule has 21 heavy (non-hydrogen) atoms. The van der Waals surface area contributed by atoms with E-state index in [9.17, 15) is 13.2 Å². The van der Waals surface area contributed by atoms with Crippen LogP contribution in [0.5, 0.6) is 0 Å². The molecule has 2 aromatic carbocycles. The van der Waals surface area contributed by atoms with Gasteiger partial charge in [-0.2, -0.15) is 0 Å². The quantitative estimate of drug-likeness (QED) is 0.728. The van der Waals surface area contributed by atoms with Gasteiger partial charge in [0.1, 0.15) is 5.82 Å². The highest BCUT2D eigenvalue weighted by Crippen LogP contribution is 2.20. The fraction of sp³-hybridized carbons (Fsp3) is 0.0625. The van der Waals surface area contributed by atoms with E-state index in [4.69, 9.17) is 0 Å². The number of pyridine rings is 1. The van der Waals surface area contributed by atoms with E-state index in [1.807, 2.05) is 30.3 Å². The van der Waals surface area contributed by atoms with Crippen molar-refractivity contribution in [2.45, 2.75) is 6.54 Å². The fourth-order valence-electron chi connectivity index (χ4n) is 2.12. The number of halogens is 3. The highest BCUT2D eigenvalue weighted by atomic mass is 19.2. The van der Waals surface area contributed by atoms with E-state index in [0.29, 0.717) is 6.07 Å². The maximum absolute atomic E-state index is 13.5. The number of fused-ring (bicyclic) bond motifs is 1. The Kier molecular flexibility index (Phi) is 3.48. The number of aromatic nitrogens is 1. The number of nitrogens with zero attached hydrogens (tertiary/aromatic N) is 1. The molecule has 0 bridgehead atoms. The third kappa shape index (κ3) is 2.81. The summed E-state index contributed by atoms with van der Waals surface area (Å²) in [4.78, 5) is 4.20. The first-order chi connectivity index (χ1) is 10.1. The standard InChI is InChI=1S/C16H11F3N2/c17-12-7-13(18)16(19)15(8-12)21-9-10-3-4-14-11(6-10)2-1-5-20-14/h1-8,21H,9H2.